The van der Waals surface area contributed by atoms with Gasteiger partial charge >= 0.3 is 6.09 Å². The van der Waals surface area contributed by atoms with Crippen LogP contribution in [0.3, 0.4) is 0 Å². The zero-order valence-electron chi connectivity index (χ0n) is 18.4. The highest BCUT2D eigenvalue weighted by molar-refractivity contribution is 5.78. The van der Waals surface area contributed by atoms with Crippen molar-refractivity contribution in [2.75, 3.05) is 0 Å². The molecule has 0 spiro atoms. The molecule has 1 rings (SSSR count). The fraction of sp³-hybridized carbons (Fsp3) is 0.609. The average molecular weight is 402 g/mol. The van der Waals surface area contributed by atoms with Crippen LogP contribution >= 0.6 is 0 Å². The lowest BCUT2D eigenvalue weighted by Crippen LogP contribution is -2.41. The maximum atomic E-state index is 12.5. The maximum absolute atomic E-state index is 12.5. The van der Waals surface area contributed by atoms with Crippen LogP contribution in [0.2, 0.25) is 0 Å². The molecule has 0 saturated heterocycles. The number of carbonyl (C=O) groups excluding carboxylic acids is 2. The van der Waals surface area contributed by atoms with Crippen LogP contribution in [0, 0.1) is 17.2 Å². The standard InChI is InChI=1S/C23H35N3O3/c1-7-9-18-14-16(2)15-19(12-13-24)25-21(27)17(3)10-8-11-20(18)26-22(28)29-23(4,5)6/h7,9,14,17,19-20H,1,8,10-12,15H2,2-6H3,(H,25,27)(H,26,28)/b16-14+,18-9+/t17-,19+,20+/m1/s1. The van der Waals surface area contributed by atoms with Crippen LogP contribution in [0.25, 0.3) is 0 Å². The van der Waals surface area contributed by atoms with Gasteiger partial charge in [-0.25, -0.2) is 4.79 Å². The summed E-state index contributed by atoms with van der Waals surface area (Å²) in [4.78, 5) is 24.8. The van der Waals surface area contributed by atoms with Gasteiger partial charge in [-0.05, 0) is 52.5 Å². The van der Waals surface area contributed by atoms with E-state index >= 15 is 0 Å². The molecule has 1 heterocycles. The summed E-state index contributed by atoms with van der Waals surface area (Å²) in [6.45, 7) is 13.1. The van der Waals surface area contributed by atoms with Gasteiger partial charge < -0.3 is 15.4 Å². The molecule has 0 saturated carbocycles. The first-order valence-corrected chi connectivity index (χ1v) is 10.2. The number of alkyl carbamates (subject to hydrolysis) is 1. The molecule has 0 aromatic rings. The zero-order valence-corrected chi connectivity index (χ0v) is 18.4. The summed E-state index contributed by atoms with van der Waals surface area (Å²) in [5, 5.41) is 15.1. The quantitative estimate of drug-likeness (QED) is 0.726. The highest BCUT2D eigenvalue weighted by Crippen LogP contribution is 2.21. The van der Waals surface area contributed by atoms with Crippen molar-refractivity contribution in [2.45, 2.75) is 84.4 Å². The van der Waals surface area contributed by atoms with Crippen LogP contribution in [0.4, 0.5) is 4.79 Å². The first kappa shape index (κ1) is 24.5. The SMILES string of the molecule is C=C/C=C1\C=C(/C)C[C@H](CC#N)NC(=O)[C@H](C)CCC[C@@H]1NC(=O)OC(C)(C)C. The Hall–Kier alpha value is -2.55. The van der Waals surface area contributed by atoms with E-state index in [0.717, 1.165) is 17.6 Å². The Morgan fingerprint density at radius 3 is 2.72 bits per heavy atom. The molecule has 0 aromatic heterocycles. The highest BCUT2D eigenvalue weighted by Gasteiger charge is 2.24. The van der Waals surface area contributed by atoms with Crippen LogP contribution in [0.5, 0.6) is 0 Å². The van der Waals surface area contributed by atoms with Gasteiger partial charge in [0.05, 0.1) is 18.5 Å². The Balaban J connectivity index is 3.17. The van der Waals surface area contributed by atoms with Crippen LogP contribution in [0.1, 0.15) is 66.7 Å². The summed E-state index contributed by atoms with van der Waals surface area (Å²) >= 11 is 0. The Morgan fingerprint density at radius 2 is 2.14 bits per heavy atom. The molecule has 0 bridgehead atoms. The van der Waals surface area contributed by atoms with E-state index in [1.807, 2.05) is 46.8 Å². The highest BCUT2D eigenvalue weighted by atomic mass is 16.6. The lowest BCUT2D eigenvalue weighted by molar-refractivity contribution is -0.125. The lowest BCUT2D eigenvalue weighted by atomic mass is 9.92. The average Bonchev–Trinajstić information content (AvgIpc) is 2.58. The third-order valence-corrected chi connectivity index (χ3v) is 4.65. The summed E-state index contributed by atoms with van der Waals surface area (Å²) < 4.78 is 5.43. The van der Waals surface area contributed by atoms with Crippen molar-refractivity contribution >= 4 is 12.0 Å². The number of nitrogens with zero attached hydrogens (tertiary/aromatic N) is 1. The van der Waals surface area contributed by atoms with Crippen LogP contribution in [-0.4, -0.2) is 29.7 Å². The van der Waals surface area contributed by atoms with Gasteiger partial charge in [0.2, 0.25) is 5.91 Å². The molecule has 6 heteroatoms. The fourth-order valence-electron chi connectivity index (χ4n) is 3.29. The van der Waals surface area contributed by atoms with Gasteiger partial charge in [-0.2, -0.15) is 5.26 Å². The van der Waals surface area contributed by atoms with Crippen LogP contribution in [0.15, 0.2) is 36.0 Å². The predicted octanol–water partition coefficient (Wildman–Crippen LogP) is 4.55. The largest absolute Gasteiger partial charge is 0.444 e. The molecule has 2 amide bonds. The van der Waals surface area contributed by atoms with Gasteiger partial charge in [-0.15, -0.1) is 0 Å². The zero-order chi connectivity index (χ0) is 22.0. The van der Waals surface area contributed by atoms with Gasteiger partial charge in [0.1, 0.15) is 5.60 Å². The molecule has 160 valence electrons. The number of carbonyl (C=O) groups is 2. The molecule has 0 radical (unpaired) electrons. The van der Waals surface area contributed by atoms with E-state index < -0.39 is 11.7 Å². The van der Waals surface area contributed by atoms with E-state index in [-0.39, 0.29) is 30.3 Å². The summed E-state index contributed by atoms with van der Waals surface area (Å²) in [7, 11) is 0. The smallest absolute Gasteiger partial charge is 0.408 e. The third kappa shape index (κ3) is 9.47. The summed E-state index contributed by atoms with van der Waals surface area (Å²) in [5.41, 5.74) is 1.36. The second kappa shape index (κ2) is 11.5. The lowest BCUT2D eigenvalue weighted by Gasteiger charge is -2.26. The summed E-state index contributed by atoms with van der Waals surface area (Å²) in [5.74, 6) is -0.189. The molecule has 0 unspecified atom stereocenters. The number of rotatable bonds is 3. The molecule has 1 aliphatic heterocycles. The van der Waals surface area contributed by atoms with E-state index in [0.29, 0.717) is 19.3 Å². The van der Waals surface area contributed by atoms with Crippen molar-refractivity contribution in [1.82, 2.24) is 10.6 Å². The third-order valence-electron chi connectivity index (χ3n) is 4.65. The minimum Gasteiger partial charge on any atom is -0.444 e. The fourth-order valence-corrected chi connectivity index (χ4v) is 3.29. The first-order valence-electron chi connectivity index (χ1n) is 10.2. The molecular weight excluding hydrogens is 366 g/mol. The monoisotopic (exact) mass is 401 g/mol. The molecule has 2 N–H and O–H groups in total. The number of nitriles is 1. The number of ether oxygens (including phenoxy) is 1. The number of allylic oxidation sites excluding steroid dienone is 2. The second-order valence-corrected chi connectivity index (χ2v) is 8.70. The molecular formula is C23H35N3O3. The van der Waals surface area contributed by atoms with E-state index in [1.54, 1.807) is 6.08 Å². The Labute approximate surface area is 175 Å². The van der Waals surface area contributed by atoms with Gasteiger partial charge in [0.25, 0.3) is 0 Å². The first-order chi connectivity index (χ1) is 13.6. The molecule has 0 aromatic carbocycles. The van der Waals surface area contributed by atoms with Crippen molar-refractivity contribution in [3.63, 3.8) is 0 Å². The van der Waals surface area contributed by atoms with Crippen LogP contribution < -0.4 is 10.6 Å². The minimum absolute atomic E-state index is 0.0304. The number of amides is 2. The van der Waals surface area contributed by atoms with Gasteiger partial charge in [-0.1, -0.05) is 43.7 Å². The van der Waals surface area contributed by atoms with E-state index in [1.165, 1.54) is 0 Å². The molecule has 3 atom stereocenters. The van der Waals surface area contributed by atoms with Crippen molar-refractivity contribution < 1.29 is 14.3 Å². The van der Waals surface area contributed by atoms with Crippen LogP contribution in [-0.2, 0) is 9.53 Å². The predicted molar refractivity (Wildman–Crippen MR) is 115 cm³/mol. The molecule has 6 nitrogen and oxygen atoms in total. The van der Waals surface area contributed by atoms with Gasteiger partial charge in [0.15, 0.2) is 0 Å². The second-order valence-electron chi connectivity index (χ2n) is 8.70. The summed E-state index contributed by atoms with van der Waals surface area (Å²) in [6, 6.07) is 1.68. The molecule has 1 aliphatic rings. The Morgan fingerprint density at radius 1 is 1.45 bits per heavy atom. The number of hydrogen-bond acceptors (Lipinski definition) is 4. The van der Waals surface area contributed by atoms with Crippen molar-refractivity contribution in [3.05, 3.63) is 36.0 Å². The van der Waals surface area contributed by atoms with Gasteiger partial charge in [-0.3, -0.25) is 4.79 Å². The van der Waals surface area contributed by atoms with Crippen molar-refractivity contribution in [3.8, 4) is 6.07 Å². The van der Waals surface area contributed by atoms with E-state index in [2.05, 4.69) is 23.3 Å². The maximum Gasteiger partial charge on any atom is 0.408 e. The molecule has 29 heavy (non-hydrogen) atoms. The van der Waals surface area contributed by atoms with Crippen molar-refractivity contribution in [2.24, 2.45) is 5.92 Å². The van der Waals surface area contributed by atoms with Gasteiger partial charge in [0, 0.05) is 12.0 Å². The molecule has 0 aliphatic carbocycles. The van der Waals surface area contributed by atoms with Crippen molar-refractivity contribution in [1.29, 1.82) is 5.26 Å². The Kier molecular flexibility index (Phi) is 9.67. The number of hydrogen-bond donors (Lipinski definition) is 2. The normalized spacial score (nSPS) is 27.3. The van der Waals surface area contributed by atoms with E-state index in [9.17, 15) is 9.59 Å². The topological polar surface area (TPSA) is 91.2 Å². The number of nitrogens with one attached hydrogen (secondary N) is 2. The Bertz CT molecular complexity index is 695. The molecule has 0 fully saturated rings. The van der Waals surface area contributed by atoms with E-state index in [4.69, 9.17) is 10.00 Å². The summed E-state index contributed by atoms with van der Waals surface area (Å²) in [6.07, 6.45) is 8.09. The minimum atomic E-state index is -0.583.